The lowest BCUT2D eigenvalue weighted by Gasteiger charge is -2.08. The van der Waals surface area contributed by atoms with Gasteiger partial charge in [-0.3, -0.25) is 14.4 Å². The molecule has 8 nitrogen and oxygen atoms in total. The van der Waals surface area contributed by atoms with Gasteiger partial charge in [-0.05, 0) is 6.92 Å². The molecule has 0 aliphatic carbocycles. The molecule has 8 heteroatoms. The van der Waals surface area contributed by atoms with Crippen LogP contribution in [0.4, 0.5) is 0 Å². The van der Waals surface area contributed by atoms with E-state index in [1.807, 2.05) is 20.8 Å². The maximum absolute atomic E-state index is 11.5. The van der Waals surface area contributed by atoms with Gasteiger partial charge in [-0.1, -0.05) is 13.8 Å². The van der Waals surface area contributed by atoms with E-state index in [1.54, 1.807) is 0 Å². The summed E-state index contributed by atoms with van der Waals surface area (Å²) >= 11 is 0. The van der Waals surface area contributed by atoms with Gasteiger partial charge < -0.3 is 24.8 Å². The van der Waals surface area contributed by atoms with E-state index in [0.29, 0.717) is 45.9 Å². The van der Waals surface area contributed by atoms with Gasteiger partial charge in [0, 0.05) is 38.5 Å². The topological polar surface area (TPSA) is 103 Å². The molecule has 0 fully saturated rings. The number of Topliss-reactive ketones (excluding diaryl/α,β-unsaturated/α-hetero) is 1. The molecule has 25 heavy (non-hydrogen) atoms. The summed E-state index contributed by atoms with van der Waals surface area (Å²) in [6.07, 6.45) is 0.574. The summed E-state index contributed by atoms with van der Waals surface area (Å²) in [7, 11) is 0. The van der Waals surface area contributed by atoms with E-state index in [0.717, 1.165) is 0 Å². The fourth-order valence-electron chi connectivity index (χ4n) is 1.62. The third kappa shape index (κ3) is 15.7. The van der Waals surface area contributed by atoms with Crippen LogP contribution in [0.25, 0.3) is 0 Å². The molecule has 0 saturated carbocycles. The molecule has 0 aliphatic rings. The van der Waals surface area contributed by atoms with Crippen LogP contribution in [0.15, 0.2) is 0 Å². The lowest BCUT2D eigenvalue weighted by Crippen LogP contribution is -2.30. The number of hydrogen-bond acceptors (Lipinski definition) is 6. The first kappa shape index (κ1) is 23.5. The SMILES string of the molecule is CCOCCC(=O)NCCOCCC(=O)NCCOCC(=O)C(C)C. The largest absolute Gasteiger partial charge is 0.381 e. The molecule has 0 atom stereocenters. The zero-order valence-electron chi connectivity index (χ0n) is 15.6. The molecule has 0 unspecified atom stereocenters. The Hall–Kier alpha value is -1.51. The van der Waals surface area contributed by atoms with Crippen LogP contribution in [0.2, 0.25) is 0 Å². The molecule has 0 aromatic carbocycles. The number of nitrogens with one attached hydrogen (secondary N) is 2. The number of ketones is 1. The van der Waals surface area contributed by atoms with Gasteiger partial charge in [0.1, 0.15) is 6.61 Å². The number of rotatable bonds is 16. The van der Waals surface area contributed by atoms with Gasteiger partial charge in [0.05, 0.1) is 26.4 Å². The van der Waals surface area contributed by atoms with Crippen molar-refractivity contribution in [2.75, 3.05) is 52.7 Å². The predicted molar refractivity (Wildman–Crippen MR) is 93.2 cm³/mol. The van der Waals surface area contributed by atoms with Crippen molar-refractivity contribution in [2.24, 2.45) is 5.92 Å². The molecule has 146 valence electrons. The minimum atomic E-state index is -0.139. The minimum absolute atomic E-state index is 0.0406. The van der Waals surface area contributed by atoms with Crippen LogP contribution >= 0.6 is 0 Å². The van der Waals surface area contributed by atoms with E-state index in [1.165, 1.54) is 0 Å². The van der Waals surface area contributed by atoms with Crippen LogP contribution in [0, 0.1) is 5.92 Å². The second kappa shape index (κ2) is 16.0. The standard InChI is InChI=1S/C17H32N2O6/c1-4-23-9-5-16(21)18-7-11-24-10-6-17(22)19-8-12-25-13-15(20)14(2)3/h14H,4-13H2,1-3H3,(H,18,21)(H,19,22). The lowest BCUT2D eigenvalue weighted by molar-refractivity contribution is -0.126. The van der Waals surface area contributed by atoms with Gasteiger partial charge in [-0.15, -0.1) is 0 Å². The highest BCUT2D eigenvalue weighted by Crippen LogP contribution is 1.94. The van der Waals surface area contributed by atoms with Gasteiger partial charge in [-0.25, -0.2) is 0 Å². The first-order valence-corrected chi connectivity index (χ1v) is 8.76. The fourth-order valence-corrected chi connectivity index (χ4v) is 1.62. The second-order valence-corrected chi connectivity index (χ2v) is 5.68. The molecule has 0 heterocycles. The summed E-state index contributed by atoms with van der Waals surface area (Å²) in [4.78, 5) is 34.2. The molecule has 0 radical (unpaired) electrons. The van der Waals surface area contributed by atoms with Crippen molar-refractivity contribution in [1.29, 1.82) is 0 Å². The highest BCUT2D eigenvalue weighted by molar-refractivity contribution is 5.81. The van der Waals surface area contributed by atoms with E-state index < -0.39 is 0 Å². The zero-order valence-corrected chi connectivity index (χ0v) is 15.6. The van der Waals surface area contributed by atoms with Gasteiger partial charge in [0.25, 0.3) is 0 Å². The van der Waals surface area contributed by atoms with E-state index in [2.05, 4.69) is 10.6 Å². The fraction of sp³-hybridized carbons (Fsp3) is 0.824. The smallest absolute Gasteiger partial charge is 0.222 e. The number of carbonyl (C=O) groups is 3. The summed E-state index contributed by atoms with van der Waals surface area (Å²) in [5.41, 5.74) is 0. The summed E-state index contributed by atoms with van der Waals surface area (Å²) in [5.74, 6) is -0.212. The number of carbonyl (C=O) groups excluding carboxylic acids is 3. The Morgan fingerprint density at radius 2 is 1.32 bits per heavy atom. The van der Waals surface area contributed by atoms with Crippen molar-refractivity contribution in [1.82, 2.24) is 10.6 Å². The van der Waals surface area contributed by atoms with Crippen molar-refractivity contribution in [2.45, 2.75) is 33.6 Å². The molecular weight excluding hydrogens is 328 g/mol. The maximum atomic E-state index is 11.5. The van der Waals surface area contributed by atoms with E-state index in [-0.39, 0.29) is 43.2 Å². The Bertz CT molecular complexity index is 387. The second-order valence-electron chi connectivity index (χ2n) is 5.68. The molecule has 0 saturated heterocycles. The third-order valence-corrected chi connectivity index (χ3v) is 3.18. The highest BCUT2D eigenvalue weighted by atomic mass is 16.5. The highest BCUT2D eigenvalue weighted by Gasteiger charge is 2.07. The van der Waals surface area contributed by atoms with Crippen molar-refractivity contribution >= 4 is 17.6 Å². The first-order valence-electron chi connectivity index (χ1n) is 8.76. The van der Waals surface area contributed by atoms with E-state index in [9.17, 15) is 14.4 Å². The van der Waals surface area contributed by atoms with Crippen LogP contribution in [0.5, 0.6) is 0 Å². The van der Waals surface area contributed by atoms with Crippen molar-refractivity contribution < 1.29 is 28.6 Å². The van der Waals surface area contributed by atoms with Crippen LogP contribution in [-0.4, -0.2) is 70.3 Å². The molecule has 0 spiro atoms. The quantitative estimate of drug-likeness (QED) is 0.384. The monoisotopic (exact) mass is 360 g/mol. The summed E-state index contributed by atoms with van der Waals surface area (Å²) in [6.45, 7) is 8.32. The normalized spacial score (nSPS) is 10.7. The van der Waals surface area contributed by atoms with Gasteiger partial charge >= 0.3 is 0 Å². The Balaban J connectivity index is 3.38. The Labute approximate surface area is 150 Å². The van der Waals surface area contributed by atoms with Crippen LogP contribution in [-0.2, 0) is 28.6 Å². The van der Waals surface area contributed by atoms with Gasteiger partial charge in [0.2, 0.25) is 11.8 Å². The Kier molecular flexibility index (Phi) is 15.0. The summed E-state index contributed by atoms with van der Waals surface area (Å²) in [6, 6.07) is 0. The molecular formula is C17H32N2O6. The van der Waals surface area contributed by atoms with Crippen LogP contribution in [0.1, 0.15) is 33.6 Å². The van der Waals surface area contributed by atoms with Crippen molar-refractivity contribution in [3.8, 4) is 0 Å². The molecule has 2 N–H and O–H groups in total. The maximum Gasteiger partial charge on any atom is 0.222 e. The summed E-state index contributed by atoms with van der Waals surface area (Å²) < 4.78 is 15.5. The minimum Gasteiger partial charge on any atom is -0.381 e. The zero-order chi connectivity index (χ0) is 18.9. The predicted octanol–water partition coefficient (Wildman–Crippen LogP) is 0.294. The Morgan fingerprint density at radius 3 is 1.84 bits per heavy atom. The van der Waals surface area contributed by atoms with Crippen molar-refractivity contribution in [3.63, 3.8) is 0 Å². The van der Waals surface area contributed by atoms with Crippen LogP contribution < -0.4 is 10.6 Å². The van der Waals surface area contributed by atoms with E-state index in [4.69, 9.17) is 14.2 Å². The van der Waals surface area contributed by atoms with Crippen LogP contribution in [0.3, 0.4) is 0 Å². The average Bonchev–Trinajstić information content (AvgIpc) is 2.57. The number of ether oxygens (including phenoxy) is 3. The lowest BCUT2D eigenvalue weighted by atomic mass is 10.1. The molecule has 0 aromatic rings. The first-order chi connectivity index (χ1) is 12.0. The molecule has 0 aromatic heterocycles. The van der Waals surface area contributed by atoms with Gasteiger partial charge in [-0.2, -0.15) is 0 Å². The average molecular weight is 360 g/mol. The number of hydrogen-bond donors (Lipinski definition) is 2. The Morgan fingerprint density at radius 1 is 0.800 bits per heavy atom. The van der Waals surface area contributed by atoms with Crippen molar-refractivity contribution in [3.05, 3.63) is 0 Å². The van der Waals surface area contributed by atoms with E-state index >= 15 is 0 Å². The number of amides is 2. The molecule has 0 aliphatic heterocycles. The molecule has 0 rings (SSSR count). The molecule has 0 bridgehead atoms. The molecule has 2 amide bonds. The summed E-state index contributed by atoms with van der Waals surface area (Å²) in [5, 5.41) is 5.39. The third-order valence-electron chi connectivity index (χ3n) is 3.18. The van der Waals surface area contributed by atoms with Gasteiger partial charge in [0.15, 0.2) is 5.78 Å².